The van der Waals surface area contributed by atoms with Gasteiger partial charge in [-0.05, 0) is 60.8 Å². The number of aryl methyl sites for hydroxylation is 2. The largest absolute Gasteiger partial charge is 0.375 e. The third kappa shape index (κ3) is 1.72. The van der Waals surface area contributed by atoms with Crippen molar-refractivity contribution in [1.82, 2.24) is 5.32 Å². The van der Waals surface area contributed by atoms with Crippen molar-refractivity contribution in [1.29, 1.82) is 0 Å². The molecule has 0 amide bonds. The van der Waals surface area contributed by atoms with Crippen LogP contribution in [0, 0.1) is 0 Å². The first-order valence-corrected chi connectivity index (χ1v) is 6.60. The van der Waals surface area contributed by atoms with Crippen LogP contribution in [0.25, 0.3) is 0 Å². The average molecular weight is 228 g/mol. The minimum atomic E-state index is 0.902. The third-order valence-electron chi connectivity index (χ3n) is 4.05. The predicted molar refractivity (Wildman–Crippen MR) is 72.3 cm³/mol. The van der Waals surface area contributed by atoms with Crippen LogP contribution in [0.5, 0.6) is 0 Å². The van der Waals surface area contributed by atoms with Crippen LogP contribution in [0.3, 0.4) is 0 Å². The van der Waals surface area contributed by atoms with Crippen LogP contribution in [-0.2, 0) is 25.7 Å². The highest BCUT2D eigenvalue weighted by molar-refractivity contribution is 5.67. The number of nitrogens with one attached hydrogen (secondary N) is 2. The highest BCUT2D eigenvalue weighted by Gasteiger charge is 2.23. The van der Waals surface area contributed by atoms with Gasteiger partial charge in [0.15, 0.2) is 0 Å². The van der Waals surface area contributed by atoms with Crippen LogP contribution >= 0.6 is 0 Å². The lowest BCUT2D eigenvalue weighted by Gasteiger charge is -2.18. The standard InChI is InChI=1S/C15H20N2/c1-10(16-2)17-15-13-7-3-5-11(13)9-12-6-4-8-14(12)15/h9,16-17H,1,3-8H2,2H3. The summed E-state index contributed by atoms with van der Waals surface area (Å²) >= 11 is 0. The van der Waals surface area contributed by atoms with Crippen LogP contribution in [0.15, 0.2) is 18.5 Å². The van der Waals surface area contributed by atoms with Crippen LogP contribution < -0.4 is 10.6 Å². The molecule has 2 aliphatic rings. The Morgan fingerprint density at radius 3 is 2.18 bits per heavy atom. The molecule has 2 N–H and O–H groups in total. The summed E-state index contributed by atoms with van der Waals surface area (Å²) in [5, 5.41) is 6.58. The molecule has 0 aliphatic heterocycles. The normalized spacial score (nSPS) is 16.5. The Labute approximate surface area is 103 Å². The molecular formula is C15H20N2. The SMILES string of the molecule is C=C(NC)Nc1c2c(cc3c1CCC3)CCC2. The zero-order valence-corrected chi connectivity index (χ0v) is 10.5. The quantitative estimate of drug-likeness (QED) is 0.831. The third-order valence-corrected chi connectivity index (χ3v) is 4.05. The van der Waals surface area contributed by atoms with Crippen LogP contribution in [0.1, 0.15) is 35.1 Å². The lowest BCUT2D eigenvalue weighted by Crippen LogP contribution is -2.15. The number of fused-ring (bicyclic) bond motifs is 2. The van der Waals surface area contributed by atoms with Crippen molar-refractivity contribution < 1.29 is 0 Å². The Kier molecular flexibility index (Phi) is 2.58. The number of benzene rings is 1. The molecular weight excluding hydrogens is 208 g/mol. The predicted octanol–water partition coefficient (Wildman–Crippen LogP) is 2.77. The van der Waals surface area contributed by atoms with Crippen molar-refractivity contribution in [3.8, 4) is 0 Å². The van der Waals surface area contributed by atoms with E-state index in [9.17, 15) is 0 Å². The van der Waals surface area contributed by atoms with Crippen molar-refractivity contribution in [2.45, 2.75) is 38.5 Å². The molecule has 0 heterocycles. The molecule has 0 saturated carbocycles. The van der Waals surface area contributed by atoms with Gasteiger partial charge in [-0.25, -0.2) is 0 Å². The number of rotatable bonds is 3. The smallest absolute Gasteiger partial charge is 0.0954 e. The van der Waals surface area contributed by atoms with E-state index in [2.05, 4.69) is 23.3 Å². The Morgan fingerprint density at radius 1 is 1.06 bits per heavy atom. The number of anilines is 1. The van der Waals surface area contributed by atoms with Gasteiger partial charge in [-0.3, -0.25) is 0 Å². The average Bonchev–Trinajstić information content (AvgIpc) is 2.96. The van der Waals surface area contributed by atoms with Crippen molar-refractivity contribution in [2.75, 3.05) is 12.4 Å². The van der Waals surface area contributed by atoms with Gasteiger partial charge in [0.2, 0.25) is 0 Å². The summed E-state index contributed by atoms with van der Waals surface area (Å²) in [5.74, 6) is 0.902. The van der Waals surface area contributed by atoms with Crippen molar-refractivity contribution >= 4 is 5.69 Å². The molecule has 0 fully saturated rings. The summed E-state index contributed by atoms with van der Waals surface area (Å²) in [7, 11) is 1.92. The van der Waals surface area contributed by atoms with Gasteiger partial charge in [0, 0.05) is 12.7 Å². The Morgan fingerprint density at radius 2 is 1.65 bits per heavy atom. The molecule has 2 nitrogen and oxygen atoms in total. The van der Waals surface area contributed by atoms with E-state index in [1.165, 1.54) is 44.2 Å². The Bertz CT molecular complexity index is 442. The number of hydrogen-bond donors (Lipinski definition) is 2. The molecule has 0 bridgehead atoms. The van der Waals surface area contributed by atoms with Crippen LogP contribution in [-0.4, -0.2) is 7.05 Å². The van der Waals surface area contributed by atoms with Crippen molar-refractivity contribution in [2.24, 2.45) is 0 Å². The van der Waals surface area contributed by atoms with Gasteiger partial charge in [0.05, 0.1) is 5.82 Å². The van der Waals surface area contributed by atoms with Crippen molar-refractivity contribution in [3.63, 3.8) is 0 Å². The van der Waals surface area contributed by atoms with E-state index in [-0.39, 0.29) is 0 Å². The van der Waals surface area contributed by atoms with E-state index in [0.717, 1.165) is 5.82 Å². The van der Waals surface area contributed by atoms with Gasteiger partial charge in [-0.2, -0.15) is 0 Å². The summed E-state index contributed by atoms with van der Waals surface area (Å²) < 4.78 is 0. The van der Waals surface area contributed by atoms with E-state index in [1.54, 1.807) is 22.3 Å². The first-order chi connectivity index (χ1) is 8.29. The minimum Gasteiger partial charge on any atom is -0.375 e. The van der Waals surface area contributed by atoms with Gasteiger partial charge >= 0.3 is 0 Å². The Balaban J connectivity index is 2.08. The molecule has 2 heteroatoms. The lowest BCUT2D eigenvalue weighted by molar-refractivity contribution is 0.896. The molecule has 0 spiro atoms. The summed E-state index contributed by atoms with van der Waals surface area (Å²) in [4.78, 5) is 0. The first-order valence-electron chi connectivity index (χ1n) is 6.60. The second-order valence-electron chi connectivity index (χ2n) is 5.09. The van der Waals surface area contributed by atoms with E-state index in [1.807, 2.05) is 7.05 Å². The molecule has 90 valence electrons. The van der Waals surface area contributed by atoms with E-state index >= 15 is 0 Å². The fraction of sp³-hybridized carbons (Fsp3) is 0.467. The maximum absolute atomic E-state index is 4.00. The van der Waals surface area contributed by atoms with E-state index < -0.39 is 0 Å². The van der Waals surface area contributed by atoms with Gasteiger partial charge in [0.1, 0.15) is 0 Å². The summed E-state index contributed by atoms with van der Waals surface area (Å²) in [6, 6.07) is 2.46. The molecule has 0 unspecified atom stereocenters. The Hall–Kier alpha value is -1.44. The molecule has 1 aromatic rings. The second-order valence-corrected chi connectivity index (χ2v) is 5.09. The second kappa shape index (κ2) is 4.10. The summed E-state index contributed by atoms with van der Waals surface area (Å²) in [6.45, 7) is 4.00. The summed E-state index contributed by atoms with van der Waals surface area (Å²) in [5.41, 5.74) is 7.59. The fourth-order valence-corrected chi connectivity index (χ4v) is 3.18. The molecule has 0 saturated heterocycles. The zero-order valence-electron chi connectivity index (χ0n) is 10.5. The van der Waals surface area contributed by atoms with Crippen LogP contribution in [0.4, 0.5) is 5.69 Å². The lowest BCUT2D eigenvalue weighted by atomic mass is 9.99. The summed E-state index contributed by atoms with van der Waals surface area (Å²) in [6.07, 6.45) is 7.56. The molecule has 17 heavy (non-hydrogen) atoms. The maximum Gasteiger partial charge on any atom is 0.0954 e. The zero-order chi connectivity index (χ0) is 11.8. The van der Waals surface area contributed by atoms with Crippen molar-refractivity contribution in [3.05, 3.63) is 40.7 Å². The van der Waals surface area contributed by atoms with Gasteiger partial charge in [0.25, 0.3) is 0 Å². The van der Waals surface area contributed by atoms with Gasteiger partial charge in [-0.15, -0.1) is 0 Å². The molecule has 3 rings (SSSR count). The first kappa shape index (κ1) is 10.7. The van der Waals surface area contributed by atoms with Gasteiger partial charge < -0.3 is 10.6 Å². The molecule has 1 aromatic carbocycles. The molecule has 0 atom stereocenters. The van der Waals surface area contributed by atoms with E-state index in [4.69, 9.17) is 0 Å². The highest BCUT2D eigenvalue weighted by atomic mass is 15.1. The molecule has 0 radical (unpaired) electrons. The van der Waals surface area contributed by atoms with E-state index in [0.29, 0.717) is 0 Å². The minimum absolute atomic E-state index is 0.902. The highest BCUT2D eigenvalue weighted by Crippen LogP contribution is 2.38. The fourth-order valence-electron chi connectivity index (χ4n) is 3.18. The molecule has 2 aliphatic carbocycles. The number of hydrogen-bond acceptors (Lipinski definition) is 2. The van der Waals surface area contributed by atoms with Crippen LogP contribution in [0.2, 0.25) is 0 Å². The topological polar surface area (TPSA) is 24.1 Å². The molecule has 0 aromatic heterocycles. The van der Waals surface area contributed by atoms with Gasteiger partial charge in [-0.1, -0.05) is 12.6 Å². The maximum atomic E-state index is 4.00. The monoisotopic (exact) mass is 228 g/mol.